The number of hydrogen-bond acceptors (Lipinski definition) is 4. The molecule has 0 atom stereocenters. The number of nitro benzene ring substituents is 1. The zero-order valence-electron chi connectivity index (χ0n) is 41.6. The molecule has 6 nitrogen and oxygen atoms in total. The van der Waals surface area contributed by atoms with Crippen LogP contribution in [0.2, 0.25) is 0 Å². The molecule has 0 aromatic heterocycles. The minimum atomic E-state index is -9.26. The Hall–Kier alpha value is -7.56. The third-order valence-electron chi connectivity index (χ3n) is 12.2. The van der Waals surface area contributed by atoms with Crippen LogP contribution in [0.3, 0.4) is 0 Å². The molecule has 0 aliphatic carbocycles. The Morgan fingerprint density at radius 2 is 0.783 bits per heavy atom. The molecule has 0 radical (unpaired) electrons. The van der Waals surface area contributed by atoms with Crippen LogP contribution in [-0.2, 0) is 19.1 Å². The molecular weight excluding hydrogens is 1180 g/mol. The molecule has 30 heteroatoms. The lowest BCUT2D eigenvalue weighted by Crippen LogP contribution is -2.76. The van der Waals surface area contributed by atoms with E-state index in [9.17, 15) is 115 Å². The van der Waals surface area contributed by atoms with Gasteiger partial charge in [0.05, 0.1) is 22.7 Å². The Morgan fingerprint density at radius 3 is 1.14 bits per heavy atom. The van der Waals surface area contributed by atoms with Gasteiger partial charge in [0, 0.05) is 25.1 Å². The quantitative estimate of drug-likeness (QED) is 0.0203. The van der Waals surface area contributed by atoms with Gasteiger partial charge in [-0.05, 0) is 81.6 Å². The molecule has 0 spiro atoms. The van der Waals surface area contributed by atoms with Crippen LogP contribution in [0.1, 0.15) is 69.8 Å². The largest absolute Gasteiger partial charge is 0.460 e. The Balaban J connectivity index is 1.22. The number of nitro groups is 1. The van der Waals surface area contributed by atoms with Crippen molar-refractivity contribution in [1.82, 2.24) is 5.01 Å². The standard InChI is InChI=1S/C53H38F24N4O2/c1-2-29-80(31-39-19-16-37(17-20-39)27-28-43(54,55)45(59,60)46(61,62)47(63,64)48(65,66)49(67,68)50(69,70)51(71,72)52(73,74)53(75,76)77)79-78-42-26-23-38(30-41(42)44(56,57)58)18-15-35-11-9-33(10-12-35)4-3-32-5-7-34(8-6-32)13-14-36-21-24-40(25-22-36)81(82)83/h3-26,30H,2,27-29,31H2,1H3/b4-3+,14-13+,18-15+,79-78?. The summed E-state index contributed by atoms with van der Waals surface area (Å²) in [5.74, 6) is -77.7. The molecule has 0 fully saturated rings. The summed E-state index contributed by atoms with van der Waals surface area (Å²) in [6.45, 7) is 1.19. The van der Waals surface area contributed by atoms with Crippen molar-refractivity contribution in [2.45, 2.75) is 98.4 Å². The molecular formula is C53H38F24N4O2. The molecule has 0 bridgehead atoms. The maximum Gasteiger partial charge on any atom is 0.460 e. The first-order chi connectivity index (χ1) is 38.0. The average molecular weight is 1220 g/mol. The highest BCUT2D eigenvalue weighted by Crippen LogP contribution is 2.66. The zero-order valence-corrected chi connectivity index (χ0v) is 41.6. The van der Waals surface area contributed by atoms with Crippen molar-refractivity contribution in [2.75, 3.05) is 6.54 Å². The molecule has 450 valence electrons. The highest BCUT2D eigenvalue weighted by atomic mass is 19.4. The second-order valence-electron chi connectivity index (χ2n) is 18.1. The van der Waals surface area contributed by atoms with Gasteiger partial charge in [0.2, 0.25) is 0 Å². The summed E-state index contributed by atoms with van der Waals surface area (Å²) in [6, 6.07) is 27.0. The highest BCUT2D eigenvalue weighted by molar-refractivity contribution is 5.75. The van der Waals surface area contributed by atoms with Crippen LogP contribution in [0.5, 0.6) is 0 Å². The van der Waals surface area contributed by atoms with Crippen molar-refractivity contribution < 1.29 is 110 Å². The second-order valence-corrected chi connectivity index (χ2v) is 18.1. The summed E-state index contributed by atoms with van der Waals surface area (Å²) in [6.07, 6.45) is -6.99. The zero-order chi connectivity index (χ0) is 62.6. The first-order valence-electron chi connectivity index (χ1n) is 23.4. The van der Waals surface area contributed by atoms with Crippen molar-refractivity contribution in [3.63, 3.8) is 0 Å². The molecule has 0 unspecified atom stereocenters. The van der Waals surface area contributed by atoms with E-state index >= 15 is 0 Å². The highest BCUT2D eigenvalue weighted by Gasteiger charge is 2.97. The topological polar surface area (TPSA) is 71.1 Å². The number of alkyl halides is 24. The van der Waals surface area contributed by atoms with Gasteiger partial charge in [0.15, 0.2) is 0 Å². The summed E-state index contributed by atoms with van der Waals surface area (Å²) in [5.41, 5.74) is 1.55. The van der Waals surface area contributed by atoms with Crippen LogP contribution < -0.4 is 0 Å². The Labute approximate surface area is 453 Å². The SMILES string of the molecule is CCCN(Cc1ccc(CCC(F)(F)C(F)(F)C(F)(F)C(F)(F)C(F)(F)C(F)(F)C(F)(F)C(F)(F)C(F)(F)C(F)(F)F)cc1)N=Nc1ccc(/C=C/c2ccc(/C=C/c3ccc(/C=C/c4ccc([N+](=O)[O-])cc4)cc3)cc2)cc1C(F)(F)F. The van der Waals surface area contributed by atoms with Gasteiger partial charge < -0.3 is 0 Å². The van der Waals surface area contributed by atoms with E-state index in [4.69, 9.17) is 0 Å². The molecule has 0 N–H and O–H groups in total. The maximum atomic E-state index is 14.6. The molecule has 0 amide bonds. The van der Waals surface area contributed by atoms with E-state index in [1.807, 2.05) is 42.5 Å². The number of hydrogen-bond donors (Lipinski definition) is 0. The molecule has 83 heavy (non-hydrogen) atoms. The van der Waals surface area contributed by atoms with E-state index in [1.165, 1.54) is 30.4 Å². The summed E-state index contributed by atoms with van der Waals surface area (Å²) in [5, 5.41) is 19.5. The normalized spacial score (nSPS) is 14.2. The molecule has 0 heterocycles. The van der Waals surface area contributed by atoms with Gasteiger partial charge in [-0.15, -0.1) is 5.11 Å². The number of halogens is 24. The number of benzene rings is 5. The van der Waals surface area contributed by atoms with Crippen LogP contribution in [0, 0.1) is 10.1 Å². The predicted molar refractivity (Wildman–Crippen MR) is 255 cm³/mol. The fourth-order valence-corrected chi connectivity index (χ4v) is 7.29. The Bertz CT molecular complexity index is 3150. The molecule has 5 rings (SSSR count). The lowest BCUT2D eigenvalue weighted by Gasteiger charge is -2.44. The summed E-state index contributed by atoms with van der Waals surface area (Å²) < 4.78 is 333. The minimum Gasteiger partial charge on any atom is -0.274 e. The van der Waals surface area contributed by atoms with Gasteiger partial charge in [-0.2, -0.15) is 105 Å². The molecule has 5 aromatic rings. The molecule has 0 saturated carbocycles. The van der Waals surface area contributed by atoms with Crippen molar-refractivity contribution in [1.29, 1.82) is 0 Å². The second kappa shape index (κ2) is 24.0. The van der Waals surface area contributed by atoms with Gasteiger partial charge in [-0.25, -0.2) is 0 Å². The predicted octanol–water partition coefficient (Wildman–Crippen LogP) is 19.2. The van der Waals surface area contributed by atoms with Crippen molar-refractivity contribution >= 4 is 47.8 Å². The number of aryl methyl sites for hydroxylation is 1. The Morgan fingerprint density at radius 1 is 0.446 bits per heavy atom. The van der Waals surface area contributed by atoms with Gasteiger partial charge in [0.1, 0.15) is 0 Å². The van der Waals surface area contributed by atoms with Crippen LogP contribution >= 0.6 is 0 Å². The average Bonchev–Trinajstić information content (AvgIpc) is 1.34. The van der Waals surface area contributed by atoms with Gasteiger partial charge in [0.25, 0.3) is 5.69 Å². The minimum absolute atomic E-state index is 0.0286. The van der Waals surface area contributed by atoms with E-state index in [-0.39, 0.29) is 36.3 Å². The monoisotopic (exact) mass is 1220 g/mol. The third-order valence-corrected chi connectivity index (χ3v) is 12.2. The first kappa shape index (κ1) is 66.2. The van der Waals surface area contributed by atoms with E-state index in [2.05, 4.69) is 10.3 Å². The lowest BCUT2D eigenvalue weighted by atomic mass is 9.85. The molecule has 0 aliphatic heterocycles. The van der Waals surface area contributed by atoms with Crippen LogP contribution in [0.15, 0.2) is 126 Å². The fourth-order valence-electron chi connectivity index (χ4n) is 7.29. The Kier molecular flexibility index (Phi) is 19.1. The third kappa shape index (κ3) is 13.6. The van der Waals surface area contributed by atoms with Gasteiger partial charge >= 0.3 is 65.7 Å². The van der Waals surface area contributed by atoms with Crippen molar-refractivity contribution in [3.05, 3.63) is 175 Å². The fraction of sp³-hybridized carbons (Fsp3) is 0.321. The number of rotatable bonds is 24. The van der Waals surface area contributed by atoms with Crippen LogP contribution in [0.4, 0.5) is 117 Å². The van der Waals surface area contributed by atoms with Crippen molar-refractivity contribution in [3.8, 4) is 0 Å². The smallest absolute Gasteiger partial charge is 0.274 e. The van der Waals surface area contributed by atoms with Crippen LogP contribution in [0.25, 0.3) is 36.5 Å². The lowest BCUT2D eigenvalue weighted by molar-refractivity contribution is -0.474. The summed E-state index contributed by atoms with van der Waals surface area (Å²) in [7, 11) is 0. The van der Waals surface area contributed by atoms with E-state index in [0.29, 0.717) is 5.56 Å². The van der Waals surface area contributed by atoms with Gasteiger partial charge in [-0.3, -0.25) is 15.1 Å². The van der Waals surface area contributed by atoms with Gasteiger partial charge in [-0.1, -0.05) is 127 Å². The van der Waals surface area contributed by atoms with E-state index < -0.39 is 100 Å². The van der Waals surface area contributed by atoms with Crippen molar-refractivity contribution in [2.24, 2.45) is 10.3 Å². The maximum absolute atomic E-state index is 14.6. The first-order valence-corrected chi connectivity index (χ1v) is 23.4. The van der Waals surface area contributed by atoms with E-state index in [1.54, 1.807) is 49.4 Å². The van der Waals surface area contributed by atoms with E-state index in [0.717, 1.165) is 63.7 Å². The summed E-state index contributed by atoms with van der Waals surface area (Å²) >= 11 is 0. The summed E-state index contributed by atoms with van der Waals surface area (Å²) in [4.78, 5) is 10.4. The van der Waals surface area contributed by atoms with Crippen LogP contribution in [-0.4, -0.2) is 76.0 Å². The number of non-ortho nitro benzene ring substituents is 1. The molecule has 0 saturated heterocycles. The number of nitrogens with zero attached hydrogens (tertiary/aromatic N) is 4. The molecule has 5 aromatic carbocycles. The molecule has 0 aliphatic rings.